The number of hydrogen-bond donors (Lipinski definition) is 1. The number of rotatable bonds is 4. The lowest BCUT2D eigenvalue weighted by atomic mass is 9.78. The Morgan fingerprint density at radius 3 is 2.64 bits per heavy atom. The summed E-state index contributed by atoms with van der Waals surface area (Å²) in [6, 6.07) is 4.89. The average Bonchev–Trinajstić information content (AvgIpc) is 2.15. The third-order valence-electron chi connectivity index (χ3n) is 3.29. The minimum absolute atomic E-state index is 0.658. The van der Waals surface area contributed by atoms with Gasteiger partial charge in [-0.05, 0) is 49.9 Å². The van der Waals surface area contributed by atoms with E-state index in [1.54, 1.807) is 0 Å². The molecule has 2 rings (SSSR count). The number of nitrogens with one attached hydrogen (secondary N) is 1. The van der Waals surface area contributed by atoms with Crippen LogP contribution in [0.1, 0.15) is 24.8 Å². The van der Waals surface area contributed by atoms with Gasteiger partial charge in [0.2, 0.25) is 0 Å². The van der Waals surface area contributed by atoms with E-state index in [-0.39, 0.29) is 0 Å². The molecule has 1 N–H and O–H groups in total. The van der Waals surface area contributed by atoms with Crippen LogP contribution in [0.25, 0.3) is 0 Å². The second kappa shape index (κ2) is 4.56. The zero-order chi connectivity index (χ0) is 9.80. The van der Waals surface area contributed by atoms with Gasteiger partial charge in [0, 0.05) is 18.4 Å². The van der Waals surface area contributed by atoms with Gasteiger partial charge in [-0.1, -0.05) is 6.42 Å². The molecule has 1 aromatic rings. The Morgan fingerprint density at radius 2 is 2.14 bits per heavy atom. The average molecular weight is 190 g/mol. The Morgan fingerprint density at radius 1 is 1.43 bits per heavy atom. The van der Waals surface area contributed by atoms with Gasteiger partial charge in [0.25, 0.3) is 0 Å². The molecule has 0 aromatic carbocycles. The summed E-state index contributed by atoms with van der Waals surface area (Å²) >= 11 is 0. The minimum atomic E-state index is 0.658. The van der Waals surface area contributed by atoms with Crippen LogP contribution < -0.4 is 5.32 Å². The lowest BCUT2D eigenvalue weighted by Gasteiger charge is -2.33. The Hall–Kier alpha value is -0.890. The monoisotopic (exact) mass is 190 g/mol. The maximum absolute atomic E-state index is 4.04. The van der Waals surface area contributed by atoms with E-state index in [4.69, 9.17) is 0 Å². The van der Waals surface area contributed by atoms with Gasteiger partial charge in [-0.3, -0.25) is 4.98 Å². The summed E-state index contributed by atoms with van der Waals surface area (Å²) in [4.78, 5) is 4.04. The fraction of sp³-hybridized carbons (Fsp3) is 0.583. The van der Waals surface area contributed by atoms with Crippen molar-refractivity contribution in [3.05, 3.63) is 30.1 Å². The van der Waals surface area contributed by atoms with Crippen LogP contribution in [0, 0.1) is 5.92 Å². The molecule has 76 valence electrons. The smallest absolute Gasteiger partial charge is 0.0270 e. The SMILES string of the molecule is CNC(Cc1ccncc1)C1CCC1. The van der Waals surface area contributed by atoms with E-state index >= 15 is 0 Å². The second-order valence-electron chi connectivity index (χ2n) is 4.15. The van der Waals surface area contributed by atoms with Gasteiger partial charge in [0.05, 0.1) is 0 Å². The van der Waals surface area contributed by atoms with Crippen LogP contribution in [0.3, 0.4) is 0 Å². The summed E-state index contributed by atoms with van der Waals surface area (Å²) in [5.41, 5.74) is 1.39. The van der Waals surface area contributed by atoms with Gasteiger partial charge in [-0.15, -0.1) is 0 Å². The highest BCUT2D eigenvalue weighted by Gasteiger charge is 2.25. The first-order valence-electron chi connectivity index (χ1n) is 5.46. The van der Waals surface area contributed by atoms with Gasteiger partial charge >= 0.3 is 0 Å². The number of likely N-dealkylation sites (N-methyl/N-ethyl adjacent to an activating group) is 1. The summed E-state index contributed by atoms with van der Waals surface area (Å²) in [5, 5.41) is 3.43. The van der Waals surface area contributed by atoms with Crippen molar-refractivity contribution in [1.82, 2.24) is 10.3 Å². The first kappa shape index (κ1) is 9.66. The quantitative estimate of drug-likeness (QED) is 0.785. The second-order valence-corrected chi connectivity index (χ2v) is 4.15. The van der Waals surface area contributed by atoms with Crippen LogP contribution in [-0.2, 0) is 6.42 Å². The molecule has 0 spiro atoms. The number of hydrogen-bond acceptors (Lipinski definition) is 2. The molecule has 2 nitrogen and oxygen atoms in total. The van der Waals surface area contributed by atoms with Crippen LogP contribution in [0.4, 0.5) is 0 Å². The topological polar surface area (TPSA) is 24.9 Å². The van der Waals surface area contributed by atoms with Gasteiger partial charge in [0.1, 0.15) is 0 Å². The van der Waals surface area contributed by atoms with E-state index in [1.165, 1.54) is 24.8 Å². The maximum Gasteiger partial charge on any atom is 0.0270 e. The zero-order valence-corrected chi connectivity index (χ0v) is 8.74. The minimum Gasteiger partial charge on any atom is -0.316 e. The van der Waals surface area contributed by atoms with Crippen molar-refractivity contribution >= 4 is 0 Å². The zero-order valence-electron chi connectivity index (χ0n) is 8.74. The Balaban J connectivity index is 1.94. The summed E-state index contributed by atoms with van der Waals surface area (Å²) in [6.07, 6.45) is 9.11. The van der Waals surface area contributed by atoms with Crippen LogP contribution in [0.2, 0.25) is 0 Å². The molecule has 1 atom stereocenters. The Bertz CT molecular complexity index is 267. The molecule has 0 radical (unpaired) electrons. The van der Waals surface area contributed by atoms with Crippen molar-refractivity contribution in [3.8, 4) is 0 Å². The highest BCUT2D eigenvalue weighted by atomic mass is 14.9. The van der Waals surface area contributed by atoms with Gasteiger partial charge in [-0.25, -0.2) is 0 Å². The molecule has 1 saturated carbocycles. The summed E-state index contributed by atoms with van der Waals surface area (Å²) < 4.78 is 0. The predicted octanol–water partition coefficient (Wildman–Crippen LogP) is 2.01. The van der Waals surface area contributed by atoms with Crippen LogP contribution in [-0.4, -0.2) is 18.1 Å². The third-order valence-corrected chi connectivity index (χ3v) is 3.29. The van der Waals surface area contributed by atoms with Gasteiger partial charge in [0.15, 0.2) is 0 Å². The van der Waals surface area contributed by atoms with Gasteiger partial charge in [-0.2, -0.15) is 0 Å². The Labute approximate surface area is 85.7 Å². The number of pyridine rings is 1. The number of nitrogens with zero attached hydrogens (tertiary/aromatic N) is 1. The molecule has 1 unspecified atom stereocenters. The molecule has 0 amide bonds. The third kappa shape index (κ3) is 2.13. The normalized spacial score (nSPS) is 18.9. The molecule has 1 aliphatic carbocycles. The molecule has 0 bridgehead atoms. The van der Waals surface area contributed by atoms with Crippen LogP contribution >= 0.6 is 0 Å². The molecule has 1 heterocycles. The molecular formula is C12H18N2. The fourth-order valence-corrected chi connectivity index (χ4v) is 2.12. The molecule has 1 fully saturated rings. The van der Waals surface area contributed by atoms with Crippen molar-refractivity contribution in [2.75, 3.05) is 7.05 Å². The summed E-state index contributed by atoms with van der Waals surface area (Å²) in [5.74, 6) is 0.896. The Kier molecular flexibility index (Phi) is 3.14. The highest BCUT2D eigenvalue weighted by Crippen LogP contribution is 2.30. The lowest BCUT2D eigenvalue weighted by molar-refractivity contribution is 0.236. The predicted molar refractivity (Wildman–Crippen MR) is 58.1 cm³/mol. The van der Waals surface area contributed by atoms with Crippen molar-refractivity contribution in [2.24, 2.45) is 5.92 Å². The summed E-state index contributed by atoms with van der Waals surface area (Å²) in [6.45, 7) is 0. The van der Waals surface area contributed by atoms with Crippen molar-refractivity contribution in [1.29, 1.82) is 0 Å². The molecule has 1 aliphatic rings. The van der Waals surface area contributed by atoms with E-state index in [0.717, 1.165) is 12.3 Å². The van der Waals surface area contributed by atoms with Crippen LogP contribution in [0.5, 0.6) is 0 Å². The van der Waals surface area contributed by atoms with E-state index in [9.17, 15) is 0 Å². The highest BCUT2D eigenvalue weighted by molar-refractivity contribution is 5.12. The number of aromatic nitrogens is 1. The van der Waals surface area contributed by atoms with Crippen molar-refractivity contribution in [3.63, 3.8) is 0 Å². The van der Waals surface area contributed by atoms with Crippen molar-refractivity contribution in [2.45, 2.75) is 31.7 Å². The maximum atomic E-state index is 4.04. The van der Waals surface area contributed by atoms with E-state index in [0.29, 0.717) is 6.04 Å². The molecule has 0 aliphatic heterocycles. The van der Waals surface area contributed by atoms with Crippen molar-refractivity contribution < 1.29 is 0 Å². The molecule has 0 saturated heterocycles. The van der Waals surface area contributed by atoms with E-state index in [1.807, 2.05) is 12.4 Å². The first-order chi connectivity index (χ1) is 6.90. The molecule has 2 heteroatoms. The van der Waals surface area contributed by atoms with E-state index in [2.05, 4.69) is 29.5 Å². The van der Waals surface area contributed by atoms with Crippen LogP contribution in [0.15, 0.2) is 24.5 Å². The van der Waals surface area contributed by atoms with E-state index < -0.39 is 0 Å². The molecule has 1 aromatic heterocycles. The molecular weight excluding hydrogens is 172 g/mol. The first-order valence-corrected chi connectivity index (χ1v) is 5.46. The van der Waals surface area contributed by atoms with Gasteiger partial charge < -0.3 is 5.32 Å². The standard InChI is InChI=1S/C12H18N2/c1-13-12(11-3-2-4-11)9-10-5-7-14-8-6-10/h5-8,11-13H,2-4,9H2,1H3. The fourth-order valence-electron chi connectivity index (χ4n) is 2.12. The lowest BCUT2D eigenvalue weighted by Crippen LogP contribution is -2.38. The molecule has 14 heavy (non-hydrogen) atoms. The summed E-state index contributed by atoms with van der Waals surface area (Å²) in [7, 11) is 2.07. The largest absolute Gasteiger partial charge is 0.316 e.